The van der Waals surface area contributed by atoms with Crippen LogP contribution in [0.25, 0.3) is 0 Å². The van der Waals surface area contributed by atoms with Crippen molar-refractivity contribution in [2.24, 2.45) is 0 Å². The lowest BCUT2D eigenvalue weighted by molar-refractivity contribution is 0.281. The van der Waals surface area contributed by atoms with Crippen molar-refractivity contribution in [2.45, 2.75) is 38.3 Å². The Labute approximate surface area is 144 Å². The standard InChI is InChI=1S/C17H21BrN4O/c1-11(10-23)20-17-21-15(13-4-5-13)8-16(22-17)19-9-12-2-6-14(18)7-3-12/h2-3,6-8,11,13,23H,4-5,9-10H2,1H3,(H2,19,20,21,22)/t11-/m1/s1. The van der Waals surface area contributed by atoms with Gasteiger partial charge in [0.25, 0.3) is 0 Å². The van der Waals surface area contributed by atoms with E-state index in [1.165, 1.54) is 18.4 Å². The Morgan fingerprint density at radius 2 is 2.00 bits per heavy atom. The Kier molecular flexibility index (Phi) is 5.13. The van der Waals surface area contributed by atoms with Crippen LogP contribution >= 0.6 is 15.9 Å². The molecule has 1 fully saturated rings. The molecule has 0 amide bonds. The van der Waals surface area contributed by atoms with Gasteiger partial charge in [0.05, 0.1) is 12.3 Å². The number of aliphatic hydroxyl groups is 1. The zero-order valence-electron chi connectivity index (χ0n) is 13.1. The lowest BCUT2D eigenvalue weighted by Gasteiger charge is -2.14. The molecule has 1 atom stereocenters. The molecule has 5 nitrogen and oxygen atoms in total. The van der Waals surface area contributed by atoms with Crippen molar-refractivity contribution in [3.63, 3.8) is 0 Å². The summed E-state index contributed by atoms with van der Waals surface area (Å²) in [7, 11) is 0. The summed E-state index contributed by atoms with van der Waals surface area (Å²) >= 11 is 3.44. The Morgan fingerprint density at radius 3 is 2.65 bits per heavy atom. The highest BCUT2D eigenvalue weighted by Crippen LogP contribution is 2.39. The number of anilines is 2. The maximum atomic E-state index is 9.19. The molecule has 2 aromatic rings. The number of aromatic nitrogens is 2. The molecule has 3 rings (SSSR count). The van der Waals surface area contributed by atoms with Gasteiger partial charge < -0.3 is 15.7 Å². The minimum absolute atomic E-state index is 0.0542. The minimum Gasteiger partial charge on any atom is -0.394 e. The van der Waals surface area contributed by atoms with E-state index in [-0.39, 0.29) is 12.6 Å². The van der Waals surface area contributed by atoms with Crippen LogP contribution in [0.5, 0.6) is 0 Å². The lowest BCUT2D eigenvalue weighted by atomic mass is 10.2. The van der Waals surface area contributed by atoms with Crippen molar-refractivity contribution >= 4 is 27.7 Å². The summed E-state index contributed by atoms with van der Waals surface area (Å²) < 4.78 is 1.07. The molecule has 0 aliphatic heterocycles. The van der Waals surface area contributed by atoms with E-state index in [1.807, 2.05) is 25.1 Å². The summed E-state index contributed by atoms with van der Waals surface area (Å²) in [5, 5.41) is 15.7. The molecule has 1 aromatic carbocycles. The molecule has 122 valence electrons. The average molecular weight is 377 g/mol. The third kappa shape index (κ3) is 4.65. The van der Waals surface area contributed by atoms with Gasteiger partial charge in [-0.1, -0.05) is 28.1 Å². The average Bonchev–Trinajstić information content (AvgIpc) is 3.39. The number of nitrogens with zero attached hydrogens (tertiary/aromatic N) is 2. The van der Waals surface area contributed by atoms with Crippen molar-refractivity contribution in [1.82, 2.24) is 9.97 Å². The topological polar surface area (TPSA) is 70.1 Å². The van der Waals surface area contributed by atoms with Crippen molar-refractivity contribution in [3.8, 4) is 0 Å². The molecule has 6 heteroatoms. The smallest absolute Gasteiger partial charge is 0.225 e. The van der Waals surface area contributed by atoms with Crippen molar-refractivity contribution in [3.05, 3.63) is 46.1 Å². The van der Waals surface area contributed by atoms with Crippen LogP contribution in [0.1, 0.15) is 36.9 Å². The second-order valence-electron chi connectivity index (χ2n) is 5.98. The first-order chi connectivity index (χ1) is 11.1. The highest BCUT2D eigenvalue weighted by molar-refractivity contribution is 9.10. The molecule has 0 saturated heterocycles. The molecule has 1 aromatic heterocycles. The van der Waals surface area contributed by atoms with Crippen molar-refractivity contribution in [2.75, 3.05) is 17.2 Å². The predicted octanol–water partition coefficient (Wildman–Crippen LogP) is 3.52. The first-order valence-electron chi connectivity index (χ1n) is 7.88. The van der Waals surface area contributed by atoms with Crippen LogP contribution in [0.2, 0.25) is 0 Å². The van der Waals surface area contributed by atoms with Gasteiger partial charge in [0.1, 0.15) is 5.82 Å². The van der Waals surface area contributed by atoms with E-state index in [0.29, 0.717) is 18.4 Å². The minimum atomic E-state index is -0.0659. The summed E-state index contributed by atoms with van der Waals surface area (Å²) in [6.45, 7) is 2.67. The molecular weight excluding hydrogens is 356 g/mol. The summed E-state index contributed by atoms with van der Waals surface area (Å²) in [6.07, 6.45) is 2.39. The van der Waals surface area contributed by atoms with E-state index in [1.54, 1.807) is 0 Å². The van der Waals surface area contributed by atoms with Crippen molar-refractivity contribution in [1.29, 1.82) is 0 Å². The van der Waals surface area contributed by atoms with Crippen LogP contribution in [0.4, 0.5) is 11.8 Å². The quantitative estimate of drug-likeness (QED) is 0.689. The number of benzene rings is 1. The largest absolute Gasteiger partial charge is 0.394 e. The summed E-state index contributed by atoms with van der Waals surface area (Å²) in [6, 6.07) is 10.2. The highest BCUT2D eigenvalue weighted by atomic mass is 79.9. The molecule has 23 heavy (non-hydrogen) atoms. The molecule has 0 bridgehead atoms. The Balaban J connectivity index is 1.73. The third-order valence-electron chi connectivity index (χ3n) is 3.78. The monoisotopic (exact) mass is 376 g/mol. The maximum absolute atomic E-state index is 9.19. The van der Waals surface area contributed by atoms with E-state index in [4.69, 9.17) is 0 Å². The van der Waals surface area contributed by atoms with E-state index in [2.05, 4.69) is 48.7 Å². The Hall–Kier alpha value is -1.66. The first kappa shape index (κ1) is 16.2. The van der Waals surface area contributed by atoms with E-state index < -0.39 is 0 Å². The molecular formula is C17H21BrN4O. The van der Waals surface area contributed by atoms with Gasteiger partial charge in [0, 0.05) is 29.0 Å². The van der Waals surface area contributed by atoms with Gasteiger partial charge in [-0.15, -0.1) is 0 Å². The highest BCUT2D eigenvalue weighted by Gasteiger charge is 2.26. The summed E-state index contributed by atoms with van der Waals surface area (Å²) in [4.78, 5) is 9.08. The van der Waals surface area contributed by atoms with Gasteiger partial charge >= 0.3 is 0 Å². The fraction of sp³-hybridized carbons (Fsp3) is 0.412. The number of hydrogen-bond acceptors (Lipinski definition) is 5. The molecule has 1 heterocycles. The van der Waals surface area contributed by atoms with Crippen molar-refractivity contribution < 1.29 is 5.11 Å². The number of rotatable bonds is 7. The van der Waals surface area contributed by atoms with E-state index >= 15 is 0 Å². The molecule has 0 spiro atoms. The van der Waals surface area contributed by atoms with Gasteiger partial charge in [0.2, 0.25) is 5.95 Å². The van der Waals surface area contributed by atoms with Crippen LogP contribution in [-0.4, -0.2) is 27.7 Å². The Bertz CT molecular complexity index is 658. The normalized spacial score (nSPS) is 15.3. The van der Waals surface area contributed by atoms with Gasteiger partial charge in [-0.3, -0.25) is 0 Å². The second kappa shape index (κ2) is 7.27. The van der Waals surface area contributed by atoms with Gasteiger partial charge in [-0.25, -0.2) is 4.98 Å². The Morgan fingerprint density at radius 1 is 1.26 bits per heavy atom. The molecule has 0 radical (unpaired) electrons. The van der Waals surface area contributed by atoms with Crippen LogP contribution in [0.15, 0.2) is 34.8 Å². The molecule has 1 aliphatic carbocycles. The van der Waals surface area contributed by atoms with Crippen LogP contribution in [0.3, 0.4) is 0 Å². The fourth-order valence-electron chi connectivity index (χ4n) is 2.27. The second-order valence-corrected chi connectivity index (χ2v) is 6.90. The number of halogens is 1. The molecule has 1 aliphatic rings. The van der Waals surface area contributed by atoms with Crippen LogP contribution in [0, 0.1) is 0 Å². The van der Waals surface area contributed by atoms with E-state index in [9.17, 15) is 5.11 Å². The molecule has 0 unspecified atom stereocenters. The van der Waals surface area contributed by atoms with Gasteiger partial charge in [-0.05, 0) is 37.5 Å². The SMILES string of the molecule is C[C@H](CO)Nc1nc(NCc2ccc(Br)cc2)cc(C2CC2)n1. The van der Waals surface area contributed by atoms with E-state index in [0.717, 1.165) is 16.0 Å². The van der Waals surface area contributed by atoms with Crippen LogP contribution in [-0.2, 0) is 6.54 Å². The lowest BCUT2D eigenvalue weighted by Crippen LogP contribution is -2.21. The first-order valence-corrected chi connectivity index (χ1v) is 8.68. The third-order valence-corrected chi connectivity index (χ3v) is 4.31. The van der Waals surface area contributed by atoms with Gasteiger partial charge in [-0.2, -0.15) is 4.98 Å². The number of aliphatic hydroxyl groups excluding tert-OH is 1. The zero-order chi connectivity index (χ0) is 16.2. The number of hydrogen-bond donors (Lipinski definition) is 3. The summed E-state index contributed by atoms with van der Waals surface area (Å²) in [5.74, 6) is 1.95. The molecule has 3 N–H and O–H groups in total. The fourth-order valence-corrected chi connectivity index (χ4v) is 2.53. The zero-order valence-corrected chi connectivity index (χ0v) is 14.7. The van der Waals surface area contributed by atoms with Crippen LogP contribution < -0.4 is 10.6 Å². The van der Waals surface area contributed by atoms with Gasteiger partial charge in [0.15, 0.2) is 0 Å². The maximum Gasteiger partial charge on any atom is 0.225 e. The predicted molar refractivity (Wildman–Crippen MR) is 95.6 cm³/mol. The molecule has 1 saturated carbocycles. The summed E-state index contributed by atoms with van der Waals surface area (Å²) in [5.41, 5.74) is 2.27. The number of nitrogens with one attached hydrogen (secondary N) is 2.